The number of hydrogen-bond acceptors (Lipinski definition) is 4. The van der Waals surface area contributed by atoms with Gasteiger partial charge in [0.25, 0.3) is 0 Å². The number of rotatable bonds is 6. The number of hydrogen-bond donors (Lipinski definition) is 2. The van der Waals surface area contributed by atoms with E-state index in [4.69, 9.17) is 5.11 Å². The van der Waals surface area contributed by atoms with Gasteiger partial charge in [0.15, 0.2) is 5.78 Å². The molecular formula is C14H18N2O4. The van der Waals surface area contributed by atoms with Crippen LogP contribution in [0.5, 0.6) is 0 Å². The summed E-state index contributed by atoms with van der Waals surface area (Å²) in [4.78, 5) is 35.3. The van der Waals surface area contributed by atoms with Crippen LogP contribution in [0.2, 0.25) is 0 Å². The van der Waals surface area contributed by atoms with Crippen LogP contribution in [0, 0.1) is 0 Å². The van der Waals surface area contributed by atoms with E-state index < -0.39 is 12.0 Å². The number of carboxylic acids is 1. The first-order chi connectivity index (χ1) is 9.31. The van der Waals surface area contributed by atoms with Crippen molar-refractivity contribution in [3.63, 3.8) is 0 Å². The summed E-state index contributed by atoms with van der Waals surface area (Å²) in [6, 6.07) is 5.85. The van der Waals surface area contributed by atoms with Crippen molar-refractivity contribution in [3.05, 3.63) is 29.8 Å². The zero-order valence-electron chi connectivity index (χ0n) is 11.7. The number of aliphatic carboxylic acids is 1. The van der Waals surface area contributed by atoms with Crippen LogP contribution < -0.4 is 5.32 Å². The Kier molecular flexibility index (Phi) is 5.40. The summed E-state index contributed by atoms with van der Waals surface area (Å²) in [7, 11) is 1.56. The smallest absolute Gasteiger partial charge is 0.320 e. The first-order valence-electron chi connectivity index (χ1n) is 6.15. The highest BCUT2D eigenvalue weighted by Gasteiger charge is 2.19. The van der Waals surface area contributed by atoms with Crippen LogP contribution in [0.25, 0.3) is 0 Å². The quantitative estimate of drug-likeness (QED) is 0.764. The van der Waals surface area contributed by atoms with Gasteiger partial charge in [0.2, 0.25) is 5.91 Å². The first-order valence-corrected chi connectivity index (χ1v) is 6.15. The van der Waals surface area contributed by atoms with E-state index in [9.17, 15) is 14.4 Å². The van der Waals surface area contributed by atoms with Gasteiger partial charge >= 0.3 is 5.97 Å². The molecule has 1 aromatic carbocycles. The number of benzene rings is 1. The maximum absolute atomic E-state index is 11.8. The zero-order chi connectivity index (χ0) is 15.3. The molecule has 0 fully saturated rings. The molecule has 1 rings (SSSR count). The molecular weight excluding hydrogens is 260 g/mol. The third-order valence-corrected chi connectivity index (χ3v) is 2.96. The molecule has 2 N–H and O–H groups in total. The molecule has 0 aliphatic carbocycles. The van der Waals surface area contributed by atoms with Gasteiger partial charge in [-0.25, -0.2) is 0 Å². The summed E-state index contributed by atoms with van der Waals surface area (Å²) in [5, 5.41) is 11.5. The predicted molar refractivity (Wildman–Crippen MR) is 74.8 cm³/mol. The SMILES string of the molecule is CC(=O)c1cccc(NC(=O)CN(C)C(C)C(=O)O)c1. The predicted octanol–water partition coefficient (Wildman–Crippen LogP) is 1.23. The lowest BCUT2D eigenvalue weighted by atomic mass is 10.1. The highest BCUT2D eigenvalue weighted by atomic mass is 16.4. The van der Waals surface area contributed by atoms with Gasteiger partial charge < -0.3 is 10.4 Å². The molecule has 1 aromatic rings. The van der Waals surface area contributed by atoms with Gasteiger partial charge in [-0.2, -0.15) is 0 Å². The molecule has 0 aliphatic heterocycles. The molecule has 108 valence electrons. The second kappa shape index (κ2) is 6.81. The fourth-order valence-corrected chi connectivity index (χ4v) is 1.57. The summed E-state index contributed by atoms with van der Waals surface area (Å²) in [6.07, 6.45) is 0. The van der Waals surface area contributed by atoms with Crippen LogP contribution in [0.3, 0.4) is 0 Å². The molecule has 0 bridgehead atoms. The molecule has 6 heteroatoms. The van der Waals surface area contributed by atoms with E-state index in [0.717, 1.165) is 0 Å². The average Bonchev–Trinajstić information content (AvgIpc) is 2.37. The number of Topliss-reactive ketones (excluding diaryl/α,β-unsaturated/α-hetero) is 1. The summed E-state index contributed by atoms with van der Waals surface area (Å²) >= 11 is 0. The zero-order valence-corrected chi connectivity index (χ0v) is 11.7. The van der Waals surface area contributed by atoms with E-state index in [1.54, 1.807) is 31.3 Å². The minimum atomic E-state index is -0.987. The van der Waals surface area contributed by atoms with Gasteiger partial charge in [0.05, 0.1) is 6.54 Å². The van der Waals surface area contributed by atoms with Crippen LogP contribution in [-0.2, 0) is 9.59 Å². The molecule has 0 radical (unpaired) electrons. The Bertz CT molecular complexity index is 528. The van der Waals surface area contributed by atoms with Crippen molar-refractivity contribution in [1.82, 2.24) is 4.90 Å². The summed E-state index contributed by atoms with van der Waals surface area (Å²) in [5.74, 6) is -1.40. The fraction of sp³-hybridized carbons (Fsp3) is 0.357. The molecule has 6 nitrogen and oxygen atoms in total. The summed E-state index contributed by atoms with van der Waals surface area (Å²) in [5.41, 5.74) is 1.02. The molecule has 1 amide bonds. The van der Waals surface area contributed by atoms with Crippen molar-refractivity contribution in [2.45, 2.75) is 19.9 Å². The van der Waals surface area contributed by atoms with Gasteiger partial charge in [0, 0.05) is 11.3 Å². The van der Waals surface area contributed by atoms with Crippen LogP contribution in [0.1, 0.15) is 24.2 Å². The number of anilines is 1. The minimum Gasteiger partial charge on any atom is -0.480 e. The normalized spacial score (nSPS) is 12.0. The number of likely N-dealkylation sites (N-methyl/N-ethyl adjacent to an activating group) is 1. The van der Waals surface area contributed by atoms with Crippen molar-refractivity contribution in [3.8, 4) is 0 Å². The van der Waals surface area contributed by atoms with Gasteiger partial charge in [-0.1, -0.05) is 12.1 Å². The molecule has 0 spiro atoms. The Hall–Kier alpha value is -2.21. The largest absolute Gasteiger partial charge is 0.480 e. The number of amides is 1. The first kappa shape index (κ1) is 15.8. The Morgan fingerprint density at radius 2 is 2.00 bits per heavy atom. The van der Waals surface area contributed by atoms with Gasteiger partial charge in [-0.05, 0) is 33.0 Å². The van der Waals surface area contributed by atoms with E-state index >= 15 is 0 Å². The monoisotopic (exact) mass is 278 g/mol. The van der Waals surface area contributed by atoms with Crippen molar-refractivity contribution in [1.29, 1.82) is 0 Å². The van der Waals surface area contributed by atoms with E-state index in [-0.39, 0.29) is 18.2 Å². The number of carboxylic acid groups (broad SMARTS) is 1. The number of ketones is 1. The van der Waals surface area contributed by atoms with Crippen LogP contribution in [-0.4, -0.2) is 47.3 Å². The standard InChI is InChI=1S/C14H18N2O4/c1-9(14(19)20)16(3)8-13(18)15-12-6-4-5-11(7-12)10(2)17/h4-7,9H,8H2,1-3H3,(H,15,18)(H,19,20). The minimum absolute atomic E-state index is 0.0439. The summed E-state index contributed by atoms with van der Waals surface area (Å²) < 4.78 is 0. The van der Waals surface area contributed by atoms with Crippen LogP contribution in [0.15, 0.2) is 24.3 Å². The number of carbonyl (C=O) groups is 3. The molecule has 0 saturated heterocycles. The molecule has 0 aromatic heterocycles. The molecule has 1 atom stereocenters. The van der Waals surface area contributed by atoms with Gasteiger partial charge in [0.1, 0.15) is 6.04 Å². The third kappa shape index (κ3) is 4.47. The highest BCUT2D eigenvalue weighted by molar-refractivity contribution is 5.97. The van der Waals surface area contributed by atoms with Crippen LogP contribution >= 0.6 is 0 Å². The maximum atomic E-state index is 11.8. The lowest BCUT2D eigenvalue weighted by molar-refractivity contribution is -0.142. The molecule has 0 aliphatic rings. The maximum Gasteiger partial charge on any atom is 0.320 e. The fourth-order valence-electron chi connectivity index (χ4n) is 1.57. The Morgan fingerprint density at radius 3 is 2.55 bits per heavy atom. The Labute approximate surface area is 117 Å². The third-order valence-electron chi connectivity index (χ3n) is 2.96. The summed E-state index contributed by atoms with van der Waals surface area (Å²) in [6.45, 7) is 2.91. The average molecular weight is 278 g/mol. The van der Waals surface area contributed by atoms with Crippen molar-refractivity contribution in [2.24, 2.45) is 0 Å². The Morgan fingerprint density at radius 1 is 1.35 bits per heavy atom. The highest BCUT2D eigenvalue weighted by Crippen LogP contribution is 2.11. The van der Waals surface area contributed by atoms with Crippen molar-refractivity contribution < 1.29 is 19.5 Å². The van der Waals surface area contributed by atoms with Crippen LogP contribution in [0.4, 0.5) is 5.69 Å². The van der Waals surface area contributed by atoms with E-state index in [1.165, 1.54) is 18.7 Å². The number of carbonyl (C=O) groups excluding carboxylic acids is 2. The molecule has 20 heavy (non-hydrogen) atoms. The number of nitrogens with one attached hydrogen (secondary N) is 1. The van der Waals surface area contributed by atoms with Crippen molar-refractivity contribution in [2.75, 3.05) is 18.9 Å². The van der Waals surface area contributed by atoms with Gasteiger partial charge in [-0.3, -0.25) is 19.3 Å². The number of nitrogens with zero attached hydrogens (tertiary/aromatic N) is 1. The lowest BCUT2D eigenvalue weighted by Gasteiger charge is -2.20. The second-order valence-corrected chi connectivity index (χ2v) is 4.61. The lowest BCUT2D eigenvalue weighted by Crippen LogP contribution is -2.40. The molecule has 0 saturated carbocycles. The van der Waals surface area contributed by atoms with E-state index in [0.29, 0.717) is 11.3 Å². The topological polar surface area (TPSA) is 86.7 Å². The van der Waals surface area contributed by atoms with E-state index in [1.807, 2.05) is 0 Å². The molecule has 1 unspecified atom stereocenters. The van der Waals surface area contributed by atoms with Crippen molar-refractivity contribution >= 4 is 23.3 Å². The Balaban J connectivity index is 2.65. The van der Waals surface area contributed by atoms with E-state index in [2.05, 4.69) is 5.32 Å². The van der Waals surface area contributed by atoms with Gasteiger partial charge in [-0.15, -0.1) is 0 Å². The molecule has 0 heterocycles. The second-order valence-electron chi connectivity index (χ2n) is 4.61.